The van der Waals surface area contributed by atoms with Crippen LogP contribution in [0.15, 0.2) is 24.3 Å². The first-order valence-electron chi connectivity index (χ1n) is 8.20. The van der Waals surface area contributed by atoms with Crippen LogP contribution in [0.25, 0.3) is 6.08 Å². The van der Waals surface area contributed by atoms with Gasteiger partial charge in [-0.1, -0.05) is 6.07 Å². The first-order chi connectivity index (χ1) is 11.7. The first kappa shape index (κ1) is 16.4. The fourth-order valence-electron chi connectivity index (χ4n) is 2.92. The van der Waals surface area contributed by atoms with E-state index in [0.717, 1.165) is 18.4 Å². The van der Waals surface area contributed by atoms with Gasteiger partial charge in [0, 0.05) is 19.2 Å². The van der Waals surface area contributed by atoms with Gasteiger partial charge in [-0.2, -0.15) is 0 Å². The first-order valence-corrected chi connectivity index (χ1v) is 8.20. The Morgan fingerprint density at radius 2 is 2.17 bits per heavy atom. The molecule has 1 amide bonds. The van der Waals surface area contributed by atoms with E-state index in [2.05, 4.69) is 0 Å². The molecular weight excluding hydrogens is 310 g/mol. The molecule has 6 heteroatoms. The van der Waals surface area contributed by atoms with Gasteiger partial charge in [-0.05, 0) is 43.5 Å². The Labute approximate surface area is 141 Å². The number of amides is 1. The van der Waals surface area contributed by atoms with E-state index in [1.165, 1.54) is 6.08 Å². The monoisotopic (exact) mass is 331 g/mol. The van der Waals surface area contributed by atoms with E-state index in [1.54, 1.807) is 17.9 Å². The van der Waals surface area contributed by atoms with E-state index in [9.17, 15) is 9.59 Å². The summed E-state index contributed by atoms with van der Waals surface area (Å²) in [6, 6.07) is 5.53. The van der Waals surface area contributed by atoms with Gasteiger partial charge in [0.2, 0.25) is 12.7 Å². The fraction of sp³-hybridized carbons (Fsp3) is 0.444. The lowest BCUT2D eigenvalue weighted by atomic mass is 9.98. The van der Waals surface area contributed by atoms with Crippen molar-refractivity contribution >= 4 is 18.0 Å². The maximum atomic E-state index is 12.4. The standard InChI is InChI=1S/C18H21NO5/c1-2-22-18(21)14-4-3-9-19(11-14)17(20)8-6-13-5-7-15-16(10-13)24-12-23-15/h5-8,10,14H,2-4,9,11-12H2,1H3/b8-6+/t14-/m0/s1. The van der Waals surface area contributed by atoms with Gasteiger partial charge in [-0.25, -0.2) is 0 Å². The molecule has 2 aliphatic heterocycles. The second kappa shape index (κ2) is 7.38. The number of esters is 1. The number of carbonyl (C=O) groups excluding carboxylic acids is 2. The SMILES string of the molecule is CCOC(=O)[C@H]1CCCN(C(=O)/C=C/c2ccc3c(c2)OCO3)C1. The number of fused-ring (bicyclic) bond motifs is 1. The van der Waals surface area contributed by atoms with Gasteiger partial charge in [-0.3, -0.25) is 9.59 Å². The maximum Gasteiger partial charge on any atom is 0.310 e. The van der Waals surface area contributed by atoms with Gasteiger partial charge in [0.05, 0.1) is 12.5 Å². The van der Waals surface area contributed by atoms with Gasteiger partial charge in [0.15, 0.2) is 11.5 Å². The molecule has 0 aliphatic carbocycles. The molecule has 0 unspecified atom stereocenters. The van der Waals surface area contributed by atoms with Gasteiger partial charge < -0.3 is 19.1 Å². The summed E-state index contributed by atoms with van der Waals surface area (Å²) in [7, 11) is 0. The summed E-state index contributed by atoms with van der Waals surface area (Å²) in [6.07, 6.45) is 4.87. The Hall–Kier alpha value is -2.50. The molecule has 0 spiro atoms. The van der Waals surface area contributed by atoms with Crippen LogP contribution >= 0.6 is 0 Å². The quantitative estimate of drug-likeness (QED) is 0.625. The molecule has 1 aromatic rings. The van der Waals surface area contributed by atoms with E-state index in [0.29, 0.717) is 31.2 Å². The lowest BCUT2D eigenvalue weighted by molar-refractivity contribution is -0.150. The minimum atomic E-state index is -0.221. The van der Waals surface area contributed by atoms with Crippen molar-refractivity contribution in [3.05, 3.63) is 29.8 Å². The molecule has 1 fully saturated rings. The van der Waals surface area contributed by atoms with Crippen LogP contribution in [0.1, 0.15) is 25.3 Å². The Morgan fingerprint density at radius 3 is 3.00 bits per heavy atom. The minimum absolute atomic E-state index is 0.0957. The van der Waals surface area contributed by atoms with E-state index in [-0.39, 0.29) is 24.6 Å². The normalized spacial score (nSPS) is 19.5. The van der Waals surface area contributed by atoms with Crippen molar-refractivity contribution in [1.82, 2.24) is 4.90 Å². The number of hydrogen-bond acceptors (Lipinski definition) is 5. The predicted octanol–water partition coefficient (Wildman–Crippen LogP) is 2.23. The fourth-order valence-corrected chi connectivity index (χ4v) is 2.92. The number of likely N-dealkylation sites (tertiary alicyclic amines) is 1. The number of carbonyl (C=O) groups is 2. The van der Waals surface area contributed by atoms with Crippen molar-refractivity contribution in [2.75, 3.05) is 26.5 Å². The second-order valence-corrected chi connectivity index (χ2v) is 5.82. The second-order valence-electron chi connectivity index (χ2n) is 5.82. The van der Waals surface area contributed by atoms with Crippen LogP contribution in [0.2, 0.25) is 0 Å². The zero-order valence-corrected chi connectivity index (χ0v) is 13.7. The highest BCUT2D eigenvalue weighted by atomic mass is 16.7. The summed E-state index contributed by atoms with van der Waals surface area (Å²) in [5.74, 6) is 0.870. The van der Waals surface area contributed by atoms with Crippen LogP contribution in [-0.2, 0) is 14.3 Å². The Balaban J connectivity index is 1.60. The number of hydrogen-bond donors (Lipinski definition) is 0. The third kappa shape index (κ3) is 3.69. The smallest absolute Gasteiger partial charge is 0.310 e. The molecule has 3 rings (SSSR count). The topological polar surface area (TPSA) is 65.1 Å². The molecule has 1 saturated heterocycles. The molecular formula is C18H21NO5. The van der Waals surface area contributed by atoms with E-state index in [1.807, 2.05) is 18.2 Å². The van der Waals surface area contributed by atoms with Crippen LogP contribution in [0.3, 0.4) is 0 Å². The van der Waals surface area contributed by atoms with Crippen LogP contribution in [0, 0.1) is 5.92 Å². The number of rotatable bonds is 4. The molecule has 24 heavy (non-hydrogen) atoms. The highest BCUT2D eigenvalue weighted by molar-refractivity contribution is 5.92. The minimum Gasteiger partial charge on any atom is -0.466 e. The van der Waals surface area contributed by atoms with Gasteiger partial charge in [0.25, 0.3) is 0 Å². The summed E-state index contributed by atoms with van der Waals surface area (Å²) in [5.41, 5.74) is 0.867. The average Bonchev–Trinajstić information content (AvgIpc) is 3.07. The highest BCUT2D eigenvalue weighted by Gasteiger charge is 2.28. The Morgan fingerprint density at radius 1 is 1.33 bits per heavy atom. The lowest BCUT2D eigenvalue weighted by Gasteiger charge is -2.30. The van der Waals surface area contributed by atoms with Crippen LogP contribution in [0.5, 0.6) is 11.5 Å². The van der Waals surface area contributed by atoms with Crippen LogP contribution in [-0.4, -0.2) is 43.3 Å². The number of nitrogens with zero attached hydrogens (tertiary/aromatic N) is 1. The zero-order chi connectivity index (χ0) is 16.9. The van der Waals surface area contributed by atoms with E-state index in [4.69, 9.17) is 14.2 Å². The van der Waals surface area contributed by atoms with Crippen molar-refractivity contribution in [3.8, 4) is 11.5 Å². The van der Waals surface area contributed by atoms with Gasteiger partial charge in [-0.15, -0.1) is 0 Å². The predicted molar refractivity (Wildman–Crippen MR) is 87.5 cm³/mol. The lowest BCUT2D eigenvalue weighted by Crippen LogP contribution is -2.42. The van der Waals surface area contributed by atoms with E-state index >= 15 is 0 Å². The van der Waals surface area contributed by atoms with Gasteiger partial charge in [0.1, 0.15) is 0 Å². The van der Waals surface area contributed by atoms with Crippen molar-refractivity contribution < 1.29 is 23.8 Å². The summed E-state index contributed by atoms with van der Waals surface area (Å²) < 4.78 is 15.6. The molecule has 0 bridgehead atoms. The molecule has 1 aromatic carbocycles. The number of benzene rings is 1. The Kier molecular flexibility index (Phi) is 5.03. The molecule has 128 valence electrons. The van der Waals surface area contributed by atoms with Crippen LogP contribution in [0.4, 0.5) is 0 Å². The molecule has 0 aromatic heterocycles. The van der Waals surface area contributed by atoms with Crippen molar-refractivity contribution in [3.63, 3.8) is 0 Å². The number of ether oxygens (including phenoxy) is 3. The Bertz CT molecular complexity index is 655. The molecule has 1 atom stereocenters. The zero-order valence-electron chi connectivity index (χ0n) is 13.7. The average molecular weight is 331 g/mol. The molecule has 0 N–H and O–H groups in total. The van der Waals surface area contributed by atoms with Crippen molar-refractivity contribution in [2.24, 2.45) is 5.92 Å². The highest BCUT2D eigenvalue weighted by Crippen LogP contribution is 2.32. The van der Waals surface area contributed by atoms with Crippen molar-refractivity contribution in [1.29, 1.82) is 0 Å². The summed E-state index contributed by atoms with van der Waals surface area (Å²) in [4.78, 5) is 25.9. The molecule has 2 aliphatic rings. The largest absolute Gasteiger partial charge is 0.466 e. The third-order valence-corrected chi connectivity index (χ3v) is 4.17. The molecule has 0 radical (unpaired) electrons. The van der Waals surface area contributed by atoms with Crippen LogP contribution < -0.4 is 9.47 Å². The van der Waals surface area contributed by atoms with E-state index < -0.39 is 0 Å². The molecule has 0 saturated carbocycles. The molecule has 2 heterocycles. The molecule has 6 nitrogen and oxygen atoms in total. The third-order valence-electron chi connectivity index (χ3n) is 4.17. The number of piperidine rings is 1. The summed E-state index contributed by atoms with van der Waals surface area (Å²) >= 11 is 0. The summed E-state index contributed by atoms with van der Waals surface area (Å²) in [5, 5.41) is 0. The van der Waals surface area contributed by atoms with Crippen molar-refractivity contribution in [2.45, 2.75) is 19.8 Å². The van der Waals surface area contributed by atoms with Gasteiger partial charge >= 0.3 is 5.97 Å². The maximum absolute atomic E-state index is 12.4. The summed E-state index contributed by atoms with van der Waals surface area (Å²) in [6.45, 7) is 3.47.